The lowest BCUT2D eigenvalue weighted by atomic mass is 10.2. The van der Waals surface area contributed by atoms with Crippen LogP contribution in [0.2, 0.25) is 0 Å². The first-order chi connectivity index (χ1) is 10.0. The summed E-state index contributed by atoms with van der Waals surface area (Å²) in [6.07, 6.45) is 4.66. The van der Waals surface area contributed by atoms with Crippen LogP contribution in [-0.4, -0.2) is 28.9 Å². The third kappa shape index (κ3) is 6.16. The molecule has 0 atom stereocenters. The van der Waals surface area contributed by atoms with Crippen LogP contribution in [0.4, 0.5) is 10.5 Å². The molecule has 1 amide bonds. The summed E-state index contributed by atoms with van der Waals surface area (Å²) in [5, 5.41) is 20.7. The molecule has 1 aromatic rings. The molecule has 0 saturated carbocycles. The fraction of sp³-hybridized carbons (Fsp3) is 0.467. The molecule has 1 rings (SSSR count). The number of carboxylic acids is 1. The lowest BCUT2D eigenvalue weighted by molar-refractivity contribution is 0.0693. The predicted octanol–water partition coefficient (Wildman–Crippen LogP) is 3.61. The zero-order chi connectivity index (χ0) is 15.7. The number of ether oxygens (including phenoxy) is 1. The van der Waals surface area contributed by atoms with Crippen LogP contribution in [0.25, 0.3) is 0 Å². The molecule has 21 heavy (non-hydrogen) atoms. The van der Waals surface area contributed by atoms with Gasteiger partial charge in [-0.3, -0.25) is 5.32 Å². The van der Waals surface area contributed by atoms with Gasteiger partial charge in [0.15, 0.2) is 0 Å². The Hall–Kier alpha value is -2.24. The molecule has 0 bridgehead atoms. The Bertz CT molecular complexity index is 487. The first-order valence-corrected chi connectivity index (χ1v) is 7.04. The van der Waals surface area contributed by atoms with Gasteiger partial charge in [-0.1, -0.05) is 32.6 Å². The maximum absolute atomic E-state index is 11.5. The van der Waals surface area contributed by atoms with E-state index in [0.29, 0.717) is 6.61 Å². The monoisotopic (exact) mass is 295 g/mol. The van der Waals surface area contributed by atoms with Crippen molar-refractivity contribution in [3.8, 4) is 5.75 Å². The van der Waals surface area contributed by atoms with Crippen LogP contribution >= 0.6 is 0 Å². The van der Waals surface area contributed by atoms with Crippen LogP contribution in [0.3, 0.4) is 0 Å². The van der Waals surface area contributed by atoms with Crippen molar-refractivity contribution in [1.82, 2.24) is 0 Å². The Labute approximate surface area is 123 Å². The van der Waals surface area contributed by atoms with E-state index in [1.807, 2.05) is 0 Å². The van der Waals surface area contributed by atoms with Crippen molar-refractivity contribution in [2.45, 2.75) is 39.0 Å². The van der Waals surface area contributed by atoms with E-state index in [4.69, 9.17) is 9.84 Å². The van der Waals surface area contributed by atoms with Crippen molar-refractivity contribution in [2.24, 2.45) is 0 Å². The number of amides is 1. The van der Waals surface area contributed by atoms with E-state index in [9.17, 15) is 14.7 Å². The van der Waals surface area contributed by atoms with Gasteiger partial charge in [0, 0.05) is 5.69 Å². The van der Waals surface area contributed by atoms with Crippen LogP contribution in [0, 0.1) is 0 Å². The fourth-order valence-electron chi connectivity index (χ4n) is 1.81. The average molecular weight is 295 g/mol. The molecule has 0 heterocycles. The lowest BCUT2D eigenvalue weighted by Gasteiger charge is -2.08. The summed E-state index contributed by atoms with van der Waals surface area (Å²) < 4.78 is 5.00. The molecule has 0 saturated heterocycles. The van der Waals surface area contributed by atoms with Gasteiger partial charge in [-0.25, -0.2) is 9.59 Å². The van der Waals surface area contributed by atoms with Crippen LogP contribution < -0.4 is 5.32 Å². The van der Waals surface area contributed by atoms with Crippen LogP contribution in [0.1, 0.15) is 49.4 Å². The SMILES string of the molecule is CCCCCCCOC(=O)Nc1ccc(O)c(C(=O)O)c1. The van der Waals surface area contributed by atoms with Crippen molar-refractivity contribution in [3.05, 3.63) is 23.8 Å². The highest BCUT2D eigenvalue weighted by Gasteiger charge is 2.11. The largest absolute Gasteiger partial charge is 0.507 e. The highest BCUT2D eigenvalue weighted by Crippen LogP contribution is 2.21. The summed E-state index contributed by atoms with van der Waals surface area (Å²) in [6, 6.07) is 3.80. The van der Waals surface area contributed by atoms with Crippen molar-refractivity contribution in [1.29, 1.82) is 0 Å². The van der Waals surface area contributed by atoms with Crippen molar-refractivity contribution in [2.75, 3.05) is 11.9 Å². The number of anilines is 1. The molecule has 6 nitrogen and oxygen atoms in total. The first-order valence-electron chi connectivity index (χ1n) is 7.04. The summed E-state index contributed by atoms with van der Waals surface area (Å²) >= 11 is 0. The van der Waals surface area contributed by atoms with E-state index in [-0.39, 0.29) is 17.0 Å². The van der Waals surface area contributed by atoms with Gasteiger partial charge in [0.05, 0.1) is 6.61 Å². The number of carbonyl (C=O) groups is 2. The summed E-state index contributed by atoms with van der Waals surface area (Å²) in [5.41, 5.74) is -0.00597. The smallest absolute Gasteiger partial charge is 0.411 e. The fourth-order valence-corrected chi connectivity index (χ4v) is 1.81. The number of hydrogen-bond acceptors (Lipinski definition) is 4. The van der Waals surface area contributed by atoms with E-state index >= 15 is 0 Å². The molecule has 0 aromatic heterocycles. The van der Waals surface area contributed by atoms with Gasteiger partial charge in [-0.15, -0.1) is 0 Å². The van der Waals surface area contributed by atoms with E-state index in [1.165, 1.54) is 24.6 Å². The molecule has 116 valence electrons. The second-order valence-corrected chi connectivity index (χ2v) is 4.71. The predicted molar refractivity (Wildman–Crippen MR) is 78.8 cm³/mol. The number of hydrogen-bond donors (Lipinski definition) is 3. The van der Waals surface area contributed by atoms with Gasteiger partial charge < -0.3 is 14.9 Å². The lowest BCUT2D eigenvalue weighted by Crippen LogP contribution is -2.14. The molecule has 0 aliphatic carbocycles. The molecular weight excluding hydrogens is 274 g/mol. The summed E-state index contributed by atoms with van der Waals surface area (Å²) in [4.78, 5) is 22.4. The quantitative estimate of drug-likeness (QED) is 0.503. The van der Waals surface area contributed by atoms with Crippen molar-refractivity contribution in [3.63, 3.8) is 0 Å². The highest BCUT2D eigenvalue weighted by atomic mass is 16.5. The summed E-state index contributed by atoms with van der Waals surface area (Å²) in [7, 11) is 0. The maximum Gasteiger partial charge on any atom is 0.411 e. The number of carboxylic acid groups (broad SMARTS) is 1. The molecular formula is C15H21NO5. The number of nitrogens with one attached hydrogen (secondary N) is 1. The number of aromatic hydroxyl groups is 1. The van der Waals surface area contributed by atoms with Gasteiger partial charge in [0.2, 0.25) is 0 Å². The van der Waals surface area contributed by atoms with Gasteiger partial charge in [-0.05, 0) is 24.6 Å². The molecule has 0 aliphatic rings. The van der Waals surface area contributed by atoms with Crippen LogP contribution in [0.5, 0.6) is 5.75 Å². The third-order valence-corrected chi connectivity index (χ3v) is 2.95. The molecule has 1 aromatic carbocycles. The minimum Gasteiger partial charge on any atom is -0.507 e. The Morgan fingerprint density at radius 3 is 2.57 bits per heavy atom. The van der Waals surface area contributed by atoms with E-state index in [0.717, 1.165) is 25.7 Å². The van der Waals surface area contributed by atoms with E-state index < -0.39 is 12.1 Å². The minimum absolute atomic E-state index is 0.265. The Morgan fingerprint density at radius 2 is 1.90 bits per heavy atom. The number of benzene rings is 1. The Kier molecular flexibility index (Phi) is 7.08. The topological polar surface area (TPSA) is 95.9 Å². The number of rotatable bonds is 8. The first kappa shape index (κ1) is 16.8. The molecule has 0 fully saturated rings. The molecule has 0 aliphatic heterocycles. The number of unbranched alkanes of at least 4 members (excludes halogenated alkanes) is 4. The Morgan fingerprint density at radius 1 is 1.19 bits per heavy atom. The normalized spacial score (nSPS) is 10.1. The maximum atomic E-state index is 11.5. The second-order valence-electron chi connectivity index (χ2n) is 4.71. The van der Waals surface area contributed by atoms with Gasteiger partial charge in [0.25, 0.3) is 0 Å². The van der Waals surface area contributed by atoms with Crippen LogP contribution in [-0.2, 0) is 4.74 Å². The number of carbonyl (C=O) groups excluding carboxylic acids is 1. The summed E-state index contributed by atoms with van der Waals surface area (Å²) in [6.45, 7) is 2.46. The second kappa shape index (κ2) is 8.84. The standard InChI is InChI=1S/C15H21NO5/c1-2-3-4-5-6-9-21-15(20)16-11-7-8-13(17)12(10-11)14(18)19/h7-8,10,17H,2-6,9H2,1H3,(H,16,20)(H,18,19). The zero-order valence-corrected chi connectivity index (χ0v) is 12.1. The van der Waals surface area contributed by atoms with Gasteiger partial charge in [-0.2, -0.15) is 0 Å². The van der Waals surface area contributed by atoms with E-state index in [1.54, 1.807) is 0 Å². The number of phenols is 1. The van der Waals surface area contributed by atoms with Crippen molar-refractivity contribution < 1.29 is 24.5 Å². The molecule has 6 heteroatoms. The highest BCUT2D eigenvalue weighted by molar-refractivity contribution is 5.93. The molecule has 0 radical (unpaired) electrons. The van der Waals surface area contributed by atoms with Gasteiger partial charge >= 0.3 is 12.1 Å². The van der Waals surface area contributed by atoms with Crippen LogP contribution in [0.15, 0.2) is 18.2 Å². The average Bonchev–Trinajstić information content (AvgIpc) is 2.44. The third-order valence-electron chi connectivity index (χ3n) is 2.95. The minimum atomic E-state index is -1.26. The molecule has 3 N–H and O–H groups in total. The molecule has 0 spiro atoms. The summed E-state index contributed by atoms with van der Waals surface area (Å²) in [5.74, 6) is -1.61. The Balaban J connectivity index is 2.38. The molecule has 0 unspecified atom stereocenters. The van der Waals surface area contributed by atoms with Crippen molar-refractivity contribution >= 4 is 17.7 Å². The van der Waals surface area contributed by atoms with Gasteiger partial charge in [0.1, 0.15) is 11.3 Å². The number of aromatic carboxylic acids is 1. The van der Waals surface area contributed by atoms with E-state index in [2.05, 4.69) is 12.2 Å². The zero-order valence-electron chi connectivity index (χ0n) is 12.1.